The molecule has 0 unspecified atom stereocenters. The van der Waals surface area contributed by atoms with Crippen LogP contribution in [0, 0.1) is 0 Å². The van der Waals surface area contributed by atoms with Gasteiger partial charge in [0.1, 0.15) is 5.75 Å². The number of esters is 1. The number of rotatable bonds is 10. The van der Waals surface area contributed by atoms with E-state index in [1.807, 2.05) is 18.2 Å². The molecule has 0 radical (unpaired) electrons. The lowest BCUT2D eigenvalue weighted by atomic mass is 10.1. The molecule has 24 heavy (non-hydrogen) atoms. The number of nitrogens with one attached hydrogen (secondary N) is 1. The number of nitrogens with zero attached hydrogens (tertiary/aromatic N) is 1. The first-order valence-electron chi connectivity index (χ1n) is 9.15. The van der Waals surface area contributed by atoms with E-state index in [0.29, 0.717) is 5.75 Å². The molecule has 2 rings (SSSR count). The maximum atomic E-state index is 11.4. The monoisotopic (exact) mass is 330 g/mol. The fourth-order valence-corrected chi connectivity index (χ4v) is 3.03. The van der Waals surface area contributed by atoms with Crippen LogP contribution in [0.3, 0.4) is 0 Å². The summed E-state index contributed by atoms with van der Waals surface area (Å²) in [5.74, 6) is 0.382. The van der Waals surface area contributed by atoms with Crippen molar-refractivity contribution >= 4 is 16.9 Å². The third kappa shape index (κ3) is 5.10. The van der Waals surface area contributed by atoms with Crippen molar-refractivity contribution in [3.05, 3.63) is 30.0 Å². The Labute approximate surface area is 145 Å². The first-order chi connectivity index (χ1) is 11.7. The normalized spacial score (nSPS) is 11.3. The van der Waals surface area contributed by atoms with Gasteiger partial charge in [-0.3, -0.25) is 4.79 Å². The van der Waals surface area contributed by atoms with Crippen LogP contribution < -0.4 is 4.74 Å². The summed E-state index contributed by atoms with van der Waals surface area (Å²) >= 11 is 0. The average molecular weight is 330 g/mol. The largest absolute Gasteiger partial charge is 0.426 e. The van der Waals surface area contributed by atoms with E-state index in [4.69, 9.17) is 4.74 Å². The first-order valence-corrected chi connectivity index (χ1v) is 9.15. The van der Waals surface area contributed by atoms with Crippen LogP contribution in [-0.2, 0) is 11.2 Å². The van der Waals surface area contributed by atoms with E-state index < -0.39 is 0 Å². The highest BCUT2D eigenvalue weighted by atomic mass is 16.5. The van der Waals surface area contributed by atoms with Crippen LogP contribution in [0.2, 0.25) is 0 Å². The van der Waals surface area contributed by atoms with E-state index in [1.54, 1.807) is 0 Å². The number of carbonyl (C=O) groups is 1. The minimum atomic E-state index is -0.276. The molecule has 1 N–H and O–H groups in total. The number of benzene rings is 1. The predicted molar refractivity (Wildman–Crippen MR) is 99.6 cm³/mol. The van der Waals surface area contributed by atoms with E-state index in [9.17, 15) is 4.79 Å². The molecule has 1 aromatic heterocycles. The lowest BCUT2D eigenvalue weighted by Crippen LogP contribution is -2.28. The number of aromatic amines is 1. The molecule has 4 heteroatoms. The second kappa shape index (κ2) is 9.48. The van der Waals surface area contributed by atoms with E-state index >= 15 is 0 Å². The SMILES string of the molecule is CCCCN(CCCC)CCc1c[nH]c2cccc(OC(C)=O)c12. The van der Waals surface area contributed by atoms with Crippen LogP contribution in [0.1, 0.15) is 52.0 Å². The Kier molecular flexibility index (Phi) is 7.32. The van der Waals surface area contributed by atoms with Crippen LogP contribution in [0.25, 0.3) is 10.9 Å². The molecule has 0 aliphatic carbocycles. The van der Waals surface area contributed by atoms with E-state index in [-0.39, 0.29) is 5.97 Å². The van der Waals surface area contributed by atoms with Crippen molar-refractivity contribution in [2.45, 2.75) is 52.9 Å². The van der Waals surface area contributed by atoms with Gasteiger partial charge in [-0.2, -0.15) is 0 Å². The number of ether oxygens (including phenoxy) is 1. The third-order valence-electron chi connectivity index (χ3n) is 4.36. The molecule has 0 saturated carbocycles. The fourth-order valence-electron chi connectivity index (χ4n) is 3.03. The van der Waals surface area contributed by atoms with Crippen molar-refractivity contribution in [1.82, 2.24) is 9.88 Å². The van der Waals surface area contributed by atoms with Crippen molar-refractivity contribution in [3.63, 3.8) is 0 Å². The molecule has 0 saturated heterocycles. The summed E-state index contributed by atoms with van der Waals surface area (Å²) in [4.78, 5) is 17.2. The standard InChI is InChI=1S/C20H30N2O2/c1-4-6-12-22(13-7-5-2)14-11-17-15-21-18-9-8-10-19(20(17)18)24-16(3)23/h8-10,15,21H,4-7,11-14H2,1-3H3. The average Bonchev–Trinajstić information content (AvgIpc) is 2.98. The van der Waals surface area contributed by atoms with Gasteiger partial charge in [0, 0.05) is 30.6 Å². The number of aromatic nitrogens is 1. The van der Waals surface area contributed by atoms with E-state index in [1.165, 1.54) is 38.2 Å². The van der Waals surface area contributed by atoms with Crippen molar-refractivity contribution in [3.8, 4) is 5.75 Å². The van der Waals surface area contributed by atoms with Crippen LogP contribution in [0.5, 0.6) is 5.75 Å². The van der Waals surface area contributed by atoms with Crippen molar-refractivity contribution in [2.24, 2.45) is 0 Å². The lowest BCUT2D eigenvalue weighted by molar-refractivity contribution is -0.131. The summed E-state index contributed by atoms with van der Waals surface area (Å²) in [6.07, 6.45) is 7.96. The fraction of sp³-hybridized carbons (Fsp3) is 0.550. The van der Waals surface area contributed by atoms with Crippen molar-refractivity contribution < 1.29 is 9.53 Å². The minimum Gasteiger partial charge on any atom is -0.426 e. The Hall–Kier alpha value is -1.81. The molecule has 0 aliphatic heterocycles. The van der Waals surface area contributed by atoms with Gasteiger partial charge in [0.05, 0.1) is 0 Å². The Bertz CT molecular complexity index is 640. The lowest BCUT2D eigenvalue weighted by Gasteiger charge is -2.21. The number of hydrogen-bond acceptors (Lipinski definition) is 3. The van der Waals surface area contributed by atoms with E-state index in [0.717, 1.165) is 37.0 Å². The molecule has 132 valence electrons. The van der Waals surface area contributed by atoms with Gasteiger partial charge in [-0.1, -0.05) is 32.8 Å². The Morgan fingerprint density at radius 1 is 1.12 bits per heavy atom. The van der Waals surface area contributed by atoms with Gasteiger partial charge in [0.2, 0.25) is 0 Å². The Balaban J connectivity index is 2.11. The molecule has 1 aromatic carbocycles. The summed E-state index contributed by atoms with van der Waals surface area (Å²) in [6, 6.07) is 5.81. The first kappa shape index (κ1) is 18.5. The maximum Gasteiger partial charge on any atom is 0.308 e. The van der Waals surface area contributed by atoms with Crippen molar-refractivity contribution in [1.29, 1.82) is 0 Å². The third-order valence-corrected chi connectivity index (χ3v) is 4.36. The Morgan fingerprint density at radius 2 is 1.83 bits per heavy atom. The summed E-state index contributed by atoms with van der Waals surface area (Å²) in [6.45, 7) is 9.29. The zero-order valence-corrected chi connectivity index (χ0v) is 15.2. The van der Waals surface area contributed by atoms with Crippen LogP contribution in [-0.4, -0.2) is 35.5 Å². The van der Waals surface area contributed by atoms with Crippen LogP contribution >= 0.6 is 0 Å². The quantitative estimate of drug-likeness (QED) is 0.514. The minimum absolute atomic E-state index is 0.276. The molecule has 0 atom stereocenters. The second-order valence-corrected chi connectivity index (χ2v) is 6.39. The molecule has 2 aromatic rings. The highest BCUT2D eigenvalue weighted by Crippen LogP contribution is 2.29. The number of carbonyl (C=O) groups excluding carboxylic acids is 1. The molecule has 1 heterocycles. The molecule has 4 nitrogen and oxygen atoms in total. The van der Waals surface area contributed by atoms with Crippen LogP contribution in [0.15, 0.2) is 24.4 Å². The summed E-state index contributed by atoms with van der Waals surface area (Å²) in [7, 11) is 0. The molecule has 0 aliphatic rings. The summed E-state index contributed by atoms with van der Waals surface area (Å²) in [5.41, 5.74) is 2.25. The van der Waals surface area contributed by atoms with E-state index in [2.05, 4.69) is 29.9 Å². The predicted octanol–water partition coefficient (Wildman–Crippen LogP) is 4.54. The highest BCUT2D eigenvalue weighted by molar-refractivity contribution is 5.91. The summed E-state index contributed by atoms with van der Waals surface area (Å²) in [5, 5.41) is 1.04. The van der Waals surface area contributed by atoms with Crippen LogP contribution in [0.4, 0.5) is 0 Å². The highest BCUT2D eigenvalue weighted by Gasteiger charge is 2.12. The van der Waals surface area contributed by atoms with Gasteiger partial charge in [0.25, 0.3) is 0 Å². The smallest absolute Gasteiger partial charge is 0.308 e. The molecular formula is C20H30N2O2. The topological polar surface area (TPSA) is 45.3 Å². The zero-order valence-electron chi connectivity index (χ0n) is 15.2. The van der Waals surface area contributed by atoms with Gasteiger partial charge in [-0.15, -0.1) is 0 Å². The molecule has 0 bridgehead atoms. The van der Waals surface area contributed by atoms with Gasteiger partial charge < -0.3 is 14.6 Å². The molecule has 0 fully saturated rings. The molecular weight excluding hydrogens is 300 g/mol. The second-order valence-electron chi connectivity index (χ2n) is 6.39. The number of fused-ring (bicyclic) bond motifs is 1. The number of hydrogen-bond donors (Lipinski definition) is 1. The zero-order chi connectivity index (χ0) is 17.4. The van der Waals surface area contributed by atoms with Gasteiger partial charge >= 0.3 is 5.97 Å². The number of H-pyrrole nitrogens is 1. The van der Waals surface area contributed by atoms with Gasteiger partial charge in [-0.05, 0) is 50.0 Å². The van der Waals surface area contributed by atoms with Crippen molar-refractivity contribution in [2.75, 3.05) is 19.6 Å². The number of unbranched alkanes of at least 4 members (excludes halogenated alkanes) is 2. The molecule has 0 amide bonds. The summed E-state index contributed by atoms with van der Waals surface area (Å²) < 4.78 is 5.39. The Morgan fingerprint density at radius 3 is 2.46 bits per heavy atom. The van der Waals surface area contributed by atoms with Gasteiger partial charge in [-0.25, -0.2) is 0 Å². The molecule has 0 spiro atoms. The maximum absolute atomic E-state index is 11.4. The van der Waals surface area contributed by atoms with Gasteiger partial charge in [0.15, 0.2) is 0 Å².